The Balaban J connectivity index is 1.43. The highest BCUT2D eigenvalue weighted by atomic mass is 16.1. The fourth-order valence-corrected chi connectivity index (χ4v) is 3.12. The number of imidazole rings is 1. The Bertz CT molecular complexity index is 391. The van der Waals surface area contributed by atoms with Crippen LogP contribution in [0.25, 0.3) is 0 Å². The van der Waals surface area contributed by atoms with E-state index < -0.39 is 0 Å². The van der Waals surface area contributed by atoms with Gasteiger partial charge in [-0.3, -0.25) is 4.79 Å². The summed E-state index contributed by atoms with van der Waals surface area (Å²) in [5.41, 5.74) is 0. The second-order valence-corrected chi connectivity index (χ2v) is 5.42. The first-order valence-corrected chi connectivity index (χ1v) is 6.81. The van der Waals surface area contributed by atoms with Crippen molar-refractivity contribution in [3.63, 3.8) is 0 Å². The third kappa shape index (κ3) is 2.72. The van der Waals surface area contributed by atoms with Gasteiger partial charge in [0.15, 0.2) is 0 Å². The molecule has 0 saturated carbocycles. The van der Waals surface area contributed by atoms with E-state index in [1.807, 2.05) is 10.8 Å². The van der Waals surface area contributed by atoms with Gasteiger partial charge in [0.2, 0.25) is 5.91 Å². The second kappa shape index (κ2) is 5.10. The number of nitrogens with one attached hydrogen (secondary N) is 2. The minimum absolute atomic E-state index is 0.162. The van der Waals surface area contributed by atoms with Crippen LogP contribution in [-0.2, 0) is 11.3 Å². The van der Waals surface area contributed by atoms with Gasteiger partial charge in [-0.1, -0.05) is 0 Å². The van der Waals surface area contributed by atoms with Crippen molar-refractivity contribution >= 4 is 5.91 Å². The average molecular weight is 248 g/mol. The average Bonchev–Trinajstić information content (AvgIpc) is 2.97. The molecule has 2 bridgehead atoms. The summed E-state index contributed by atoms with van der Waals surface area (Å²) < 4.78 is 1.94. The van der Waals surface area contributed by atoms with E-state index in [4.69, 9.17) is 0 Å². The standard InChI is InChI=1S/C13H20N4O/c18-13(3-5-17-6-4-14-9-17)16-12-7-10-1-2-11(8-12)15-10/h4,6,9-12,15H,1-3,5,7-8H2,(H,16,18). The van der Waals surface area contributed by atoms with Crippen LogP contribution in [-0.4, -0.2) is 33.6 Å². The molecule has 2 saturated heterocycles. The molecule has 1 aromatic heterocycles. The Hall–Kier alpha value is -1.36. The molecule has 3 rings (SSSR count). The molecule has 2 unspecified atom stereocenters. The molecule has 18 heavy (non-hydrogen) atoms. The molecule has 1 amide bonds. The quantitative estimate of drug-likeness (QED) is 0.823. The predicted octanol–water partition coefficient (Wildman–Crippen LogP) is 0.672. The zero-order valence-electron chi connectivity index (χ0n) is 10.5. The van der Waals surface area contributed by atoms with Gasteiger partial charge in [0.1, 0.15) is 0 Å². The normalized spacial score (nSPS) is 30.3. The highest BCUT2D eigenvalue weighted by Crippen LogP contribution is 2.26. The van der Waals surface area contributed by atoms with E-state index in [0.29, 0.717) is 31.1 Å². The van der Waals surface area contributed by atoms with Crippen molar-refractivity contribution in [1.82, 2.24) is 20.2 Å². The molecule has 0 radical (unpaired) electrons. The number of hydrogen-bond donors (Lipinski definition) is 2. The van der Waals surface area contributed by atoms with Crippen molar-refractivity contribution in [3.05, 3.63) is 18.7 Å². The van der Waals surface area contributed by atoms with Crippen molar-refractivity contribution in [3.8, 4) is 0 Å². The van der Waals surface area contributed by atoms with Crippen molar-refractivity contribution < 1.29 is 4.79 Å². The van der Waals surface area contributed by atoms with Crippen LogP contribution in [0.4, 0.5) is 0 Å². The molecule has 1 aromatic rings. The highest BCUT2D eigenvalue weighted by molar-refractivity contribution is 5.76. The van der Waals surface area contributed by atoms with E-state index in [1.165, 1.54) is 12.8 Å². The minimum atomic E-state index is 0.162. The molecular formula is C13H20N4O. The number of aryl methyl sites for hydroxylation is 1. The van der Waals surface area contributed by atoms with Crippen LogP contribution in [0.15, 0.2) is 18.7 Å². The molecular weight excluding hydrogens is 228 g/mol. The van der Waals surface area contributed by atoms with Crippen LogP contribution < -0.4 is 10.6 Å². The van der Waals surface area contributed by atoms with Crippen LogP contribution in [0.3, 0.4) is 0 Å². The van der Waals surface area contributed by atoms with Gasteiger partial charge in [-0.2, -0.15) is 0 Å². The number of nitrogens with zero attached hydrogens (tertiary/aromatic N) is 2. The Morgan fingerprint density at radius 1 is 1.39 bits per heavy atom. The molecule has 5 heteroatoms. The van der Waals surface area contributed by atoms with Crippen LogP contribution in [0.1, 0.15) is 32.1 Å². The number of aromatic nitrogens is 2. The van der Waals surface area contributed by atoms with Gasteiger partial charge < -0.3 is 15.2 Å². The number of piperidine rings is 1. The molecule has 2 aliphatic heterocycles. The van der Waals surface area contributed by atoms with E-state index in [9.17, 15) is 4.79 Å². The first-order chi connectivity index (χ1) is 8.79. The van der Waals surface area contributed by atoms with E-state index >= 15 is 0 Å². The molecule has 98 valence electrons. The summed E-state index contributed by atoms with van der Waals surface area (Å²) in [6.45, 7) is 0.712. The van der Waals surface area contributed by atoms with Gasteiger partial charge in [-0.25, -0.2) is 4.98 Å². The number of amides is 1. The molecule has 0 spiro atoms. The lowest BCUT2D eigenvalue weighted by molar-refractivity contribution is -0.122. The summed E-state index contributed by atoms with van der Waals surface area (Å²) in [5.74, 6) is 0.162. The first-order valence-electron chi connectivity index (χ1n) is 6.81. The Labute approximate surface area is 107 Å². The SMILES string of the molecule is O=C(CCn1ccnc1)NC1CC2CCC(C1)N2. The largest absolute Gasteiger partial charge is 0.353 e. The number of hydrogen-bond acceptors (Lipinski definition) is 3. The third-order valence-corrected chi connectivity index (χ3v) is 3.99. The maximum atomic E-state index is 11.9. The van der Waals surface area contributed by atoms with Crippen LogP contribution in [0, 0.1) is 0 Å². The molecule has 2 aliphatic rings. The van der Waals surface area contributed by atoms with Crippen LogP contribution in [0.2, 0.25) is 0 Å². The molecule has 2 N–H and O–H groups in total. The summed E-state index contributed by atoms with van der Waals surface area (Å²) in [5, 5.41) is 6.75. The van der Waals surface area contributed by atoms with Crippen LogP contribution in [0.5, 0.6) is 0 Å². The predicted molar refractivity (Wildman–Crippen MR) is 68.0 cm³/mol. The Morgan fingerprint density at radius 3 is 2.83 bits per heavy atom. The topological polar surface area (TPSA) is 59.0 Å². The zero-order valence-corrected chi connectivity index (χ0v) is 10.5. The summed E-state index contributed by atoms with van der Waals surface area (Å²) in [6.07, 6.45) is 10.6. The van der Waals surface area contributed by atoms with E-state index in [2.05, 4.69) is 15.6 Å². The van der Waals surface area contributed by atoms with Gasteiger partial charge in [0.05, 0.1) is 6.33 Å². The van der Waals surface area contributed by atoms with Crippen molar-refractivity contribution in [2.75, 3.05) is 0 Å². The summed E-state index contributed by atoms with van der Waals surface area (Å²) in [6, 6.07) is 1.63. The van der Waals surface area contributed by atoms with Crippen LogP contribution >= 0.6 is 0 Å². The maximum absolute atomic E-state index is 11.9. The number of fused-ring (bicyclic) bond motifs is 2. The molecule has 3 heterocycles. The van der Waals surface area contributed by atoms with E-state index in [0.717, 1.165) is 12.8 Å². The fraction of sp³-hybridized carbons (Fsp3) is 0.692. The zero-order chi connectivity index (χ0) is 12.4. The summed E-state index contributed by atoms with van der Waals surface area (Å²) in [7, 11) is 0. The maximum Gasteiger partial charge on any atom is 0.222 e. The Kier molecular flexibility index (Phi) is 3.32. The first kappa shape index (κ1) is 11.7. The number of carbonyl (C=O) groups is 1. The van der Waals surface area contributed by atoms with Gasteiger partial charge >= 0.3 is 0 Å². The number of carbonyl (C=O) groups excluding carboxylic acids is 1. The lowest BCUT2D eigenvalue weighted by Gasteiger charge is -2.29. The molecule has 0 aliphatic carbocycles. The molecule has 2 atom stereocenters. The van der Waals surface area contributed by atoms with Gasteiger partial charge in [0.25, 0.3) is 0 Å². The van der Waals surface area contributed by atoms with Crippen molar-refractivity contribution in [2.24, 2.45) is 0 Å². The van der Waals surface area contributed by atoms with E-state index in [-0.39, 0.29) is 5.91 Å². The van der Waals surface area contributed by atoms with E-state index in [1.54, 1.807) is 12.5 Å². The molecule has 5 nitrogen and oxygen atoms in total. The number of rotatable bonds is 4. The monoisotopic (exact) mass is 248 g/mol. The summed E-state index contributed by atoms with van der Waals surface area (Å²) >= 11 is 0. The smallest absolute Gasteiger partial charge is 0.222 e. The highest BCUT2D eigenvalue weighted by Gasteiger charge is 2.33. The summed E-state index contributed by atoms with van der Waals surface area (Å²) in [4.78, 5) is 15.8. The van der Waals surface area contributed by atoms with Crippen molar-refractivity contribution in [1.29, 1.82) is 0 Å². The van der Waals surface area contributed by atoms with Gasteiger partial charge in [-0.15, -0.1) is 0 Å². The molecule has 2 fully saturated rings. The lowest BCUT2D eigenvalue weighted by Crippen LogP contribution is -2.48. The third-order valence-electron chi connectivity index (χ3n) is 3.99. The minimum Gasteiger partial charge on any atom is -0.353 e. The second-order valence-electron chi connectivity index (χ2n) is 5.42. The Morgan fingerprint density at radius 2 is 2.17 bits per heavy atom. The van der Waals surface area contributed by atoms with Gasteiger partial charge in [-0.05, 0) is 25.7 Å². The fourth-order valence-electron chi connectivity index (χ4n) is 3.12. The van der Waals surface area contributed by atoms with Crippen molar-refractivity contribution in [2.45, 2.75) is 56.8 Å². The molecule has 0 aromatic carbocycles. The lowest BCUT2D eigenvalue weighted by atomic mass is 10.00. The van der Waals surface area contributed by atoms with Gasteiger partial charge in [0, 0.05) is 43.5 Å².